The van der Waals surface area contributed by atoms with E-state index in [4.69, 9.17) is 57.6 Å². The number of phenolic OH excluding ortho intramolecular Hbond substituents is 5. The summed E-state index contributed by atoms with van der Waals surface area (Å²) in [4.78, 5) is 78.1. The third kappa shape index (κ3) is 57.8. The predicted molar refractivity (Wildman–Crippen MR) is 540 cm³/mol. The number of methoxy groups -OCH3 is 2. The summed E-state index contributed by atoms with van der Waals surface area (Å²) >= 11 is 10.00. The van der Waals surface area contributed by atoms with E-state index in [1.165, 1.54) is 104 Å². The van der Waals surface area contributed by atoms with Gasteiger partial charge in [0, 0.05) is 47.1 Å². The zero-order chi connectivity index (χ0) is 102. The molecule has 133 heavy (non-hydrogen) atoms. The molecule has 0 bridgehead atoms. The van der Waals surface area contributed by atoms with Gasteiger partial charge in [-0.15, -0.1) is 6.42 Å². The van der Waals surface area contributed by atoms with Gasteiger partial charge < -0.3 is 70.0 Å². The molecular weight excluding hydrogens is 2300 g/mol. The largest absolute Gasteiger partial charge is 0.508 e. The molecule has 11 rings (SSSR count). The Kier molecular flexibility index (Phi) is 64.9. The van der Waals surface area contributed by atoms with Gasteiger partial charge in [-0.25, -0.2) is 49.9 Å². The van der Waals surface area contributed by atoms with Gasteiger partial charge >= 0.3 is 41.8 Å². The number of hydrogen-bond donors (Lipinski definition) is 9. The Labute approximate surface area is 838 Å². The van der Waals surface area contributed by atoms with E-state index in [1.807, 2.05) is 127 Å². The van der Waals surface area contributed by atoms with E-state index in [2.05, 4.69) is 122 Å². The van der Waals surface area contributed by atoms with Crippen molar-refractivity contribution in [1.29, 1.82) is 5.26 Å². The minimum absolute atomic E-state index is 0.000278. The maximum atomic E-state index is 13.2. The second kappa shape index (κ2) is 69.7. The van der Waals surface area contributed by atoms with Crippen LogP contribution in [0.25, 0.3) is 0 Å². The van der Waals surface area contributed by atoms with Crippen LogP contribution in [0, 0.1) is 89.2 Å². The van der Waals surface area contributed by atoms with Crippen molar-refractivity contribution in [2.24, 2.45) is 0 Å². The number of terminal acetylenes is 1. The first-order chi connectivity index (χ1) is 62.4. The van der Waals surface area contributed by atoms with Crippen LogP contribution in [0.15, 0.2) is 224 Å². The summed E-state index contributed by atoms with van der Waals surface area (Å²) in [5, 5.41) is 86.1. The monoisotopic (exact) mass is 2410 g/mol. The van der Waals surface area contributed by atoms with Crippen molar-refractivity contribution < 1.29 is 124 Å². The fraction of sp³-hybridized carbons (Fsp3) is 0.232. The maximum Gasteiger partial charge on any atom is 0.341 e. The second-order valence-corrected chi connectivity index (χ2v) is 33.9. The van der Waals surface area contributed by atoms with Gasteiger partial charge in [0.2, 0.25) is 0 Å². The number of esters is 3. The lowest BCUT2D eigenvalue weighted by atomic mass is 10.1. The first-order valence-electron chi connectivity index (χ1n) is 39.4. The number of halogens is 12. The van der Waals surface area contributed by atoms with E-state index in [-0.39, 0.29) is 83.7 Å². The zero-order valence-corrected chi connectivity index (χ0v) is 85.8. The Morgan fingerprint density at radius 2 is 0.737 bits per heavy atom. The smallest absolute Gasteiger partial charge is 0.341 e. The summed E-state index contributed by atoms with van der Waals surface area (Å²) in [6, 6.07) is 60.1. The van der Waals surface area contributed by atoms with E-state index < -0.39 is 70.6 Å². The number of aromatic hydroxyl groups is 5. The third-order valence-electron chi connectivity index (χ3n) is 16.6. The fourth-order valence-corrected chi connectivity index (χ4v) is 10.7. The molecule has 9 N–H and O–H groups in total. The highest BCUT2D eigenvalue weighted by atomic mass is 127. The Morgan fingerprint density at radius 1 is 0.391 bits per heavy atom. The van der Waals surface area contributed by atoms with Gasteiger partial charge in [0.05, 0.1) is 74.8 Å². The first-order valence-corrected chi connectivity index (χ1v) is 44.8. The van der Waals surface area contributed by atoms with Crippen LogP contribution >= 0.6 is 113 Å². The van der Waals surface area contributed by atoms with Crippen molar-refractivity contribution in [2.75, 3.05) is 49.0 Å². The molecule has 0 aliphatic heterocycles. The average molecular weight is 2410 g/mol. The van der Waals surface area contributed by atoms with Crippen molar-refractivity contribution in [3.63, 3.8) is 0 Å². The van der Waals surface area contributed by atoms with Crippen LogP contribution in [-0.2, 0) is 67.1 Å². The molecule has 714 valence electrons. The Balaban J connectivity index is 0. The highest BCUT2D eigenvalue weighted by Crippen LogP contribution is 2.21. The summed E-state index contributed by atoms with van der Waals surface area (Å²) in [5.41, 5.74) is 4.82. The second-order valence-electron chi connectivity index (χ2n) is 27.7. The molecule has 34 heteroatoms. The van der Waals surface area contributed by atoms with Crippen molar-refractivity contribution in [3.05, 3.63) is 350 Å². The van der Waals surface area contributed by atoms with Gasteiger partial charge in [0.25, 0.3) is 0 Å². The fourth-order valence-electron chi connectivity index (χ4n) is 8.43. The number of aryl methyl sites for hydroxylation is 3. The molecule has 0 spiro atoms. The molecule has 0 radical (unpaired) electrons. The molecule has 0 saturated carbocycles. The molecule has 0 aliphatic rings. The minimum Gasteiger partial charge on any atom is -0.508 e. The van der Waals surface area contributed by atoms with Gasteiger partial charge in [-0.1, -0.05) is 86.5 Å². The molecule has 0 aromatic heterocycles. The van der Waals surface area contributed by atoms with Gasteiger partial charge in [-0.2, -0.15) is 5.26 Å². The number of benzene rings is 11. The molecule has 11 aromatic carbocycles. The number of carboxylic acid groups (broad SMARTS) is 4. The molecule has 0 heterocycles. The van der Waals surface area contributed by atoms with Crippen LogP contribution in [0.4, 0.5) is 30.7 Å². The van der Waals surface area contributed by atoms with Crippen LogP contribution < -0.4 is 0 Å². The summed E-state index contributed by atoms with van der Waals surface area (Å²) in [6.45, 7) is 16.5. The van der Waals surface area contributed by atoms with Crippen LogP contribution in [0.1, 0.15) is 134 Å². The predicted octanol–water partition coefficient (Wildman–Crippen LogP) is 22.8. The lowest BCUT2D eigenvalue weighted by Gasteiger charge is -2.12. The first kappa shape index (κ1) is 124. The lowest BCUT2D eigenvalue weighted by Crippen LogP contribution is -2.20. The summed E-state index contributed by atoms with van der Waals surface area (Å²) in [5.74, 6) is -6.76. The standard InChI is InChI=1S/C11H9FO2.C9H8FIO2.C8H5FIN.C8H6FIO2.2C8H8O3.2C8H10O.C7H4FIO2.C7H6FI.C7H5FO3.2C5H13N/c1-3-8-5-6-9(10(12)7-8)11(13)14-4-2;1-13-9(12)4-6-2-3-7(11)5-8(6)10;9-8-5-7(10)2-1-6(8)3-4-11;1-12-8(11)6-3-2-5(10)4-7(6)9;9-7-3-1-6(2-4-7)5-8(10)11;9-7-3-1-2-6(4-7)5-8(10)11;1-2-7-3-5-8(9)6-4-7;1-2-7-4-3-5-8(9)6-7;8-6-3-4(9)1-2-5(6)7(10)11;1-5-2-3-6(9)4-7(5)8;8-6-3-4(9)1-2-5(6)7(10)11;2*1-5(2)6(3)4/h1,5-7H,4H2,2H3;2-3,5H,4H2,1H3;1-2,5H,3H2;2-4H,1H3;2*1-4,9H,5H2,(H,10,11);2*3-6,9H,2H2,1H3;1-3H,(H,10,11);2-4H,1H3;1-3,9H,(H,10,11);2*5H,1-4H3. The number of aliphatic carboxylic acids is 2. The van der Waals surface area contributed by atoms with E-state index in [0.29, 0.717) is 60.5 Å². The van der Waals surface area contributed by atoms with Crippen LogP contribution in [0.2, 0.25) is 0 Å². The van der Waals surface area contributed by atoms with Crippen molar-refractivity contribution in [3.8, 4) is 47.2 Å². The summed E-state index contributed by atoms with van der Waals surface area (Å²) in [6.07, 6.45) is 7.16. The highest BCUT2D eigenvalue weighted by Gasteiger charge is 2.16. The number of rotatable bonds is 16. The van der Waals surface area contributed by atoms with E-state index in [9.17, 15) is 64.3 Å². The molecule has 0 saturated heterocycles. The Bertz CT molecular complexity index is 5450. The molecule has 0 fully saturated rings. The SMILES string of the molecule is C#Cc1ccc(C(=O)OCC)c(F)c1.CC(C)N(C)C.CC(C)N(C)C.CCc1ccc(O)cc1.CCc1cccc(O)c1.COC(=O)Cc1ccc(I)cc1F.COC(=O)c1ccc(I)cc1F.Cc1ccc(I)cc1F.N#CCc1ccc(I)cc1F.O=C(O)Cc1ccc(O)cc1.O=C(O)Cc1cccc(O)c1.O=C(O)c1ccc(I)cc1F.O=C(O)c1ccc(O)cc1F. The molecule has 22 nitrogen and oxygen atoms in total. The maximum absolute atomic E-state index is 13.2. The minimum atomic E-state index is -1.34. The number of nitriles is 1. The number of phenols is 5. The number of hydrogen-bond acceptors (Lipinski definition) is 18. The molecule has 0 aliphatic carbocycles. The van der Waals surface area contributed by atoms with Gasteiger partial charge in [-0.3, -0.25) is 14.4 Å². The molecular formula is C99H105F7I5N3O19. The number of carbonyl (C=O) groups is 7. The average Bonchev–Trinajstić information content (AvgIpc) is 0.858. The number of ether oxygens (including phenoxy) is 3. The quantitative estimate of drug-likeness (QED) is 0.0143. The van der Waals surface area contributed by atoms with Gasteiger partial charge in [0.1, 0.15) is 69.5 Å². The number of nitrogens with zero attached hydrogens (tertiary/aromatic N) is 3. The van der Waals surface area contributed by atoms with Crippen LogP contribution in [-0.4, -0.2) is 159 Å². The number of carbonyl (C=O) groups excluding carboxylic acids is 3. The van der Waals surface area contributed by atoms with Crippen molar-refractivity contribution in [1.82, 2.24) is 9.80 Å². The van der Waals surface area contributed by atoms with Crippen LogP contribution in [0.5, 0.6) is 28.7 Å². The van der Waals surface area contributed by atoms with Crippen LogP contribution in [0.3, 0.4) is 0 Å². The van der Waals surface area contributed by atoms with Gasteiger partial charge in [0.15, 0.2) is 0 Å². The third-order valence-corrected chi connectivity index (χ3v) is 19.9. The molecule has 0 atom stereocenters. The zero-order valence-electron chi connectivity index (χ0n) is 75.0. The topological polar surface area (TPSA) is 360 Å². The van der Waals surface area contributed by atoms with E-state index >= 15 is 0 Å². The normalized spacial score (nSPS) is 9.62. The number of carboxylic acids is 4. The Hall–Kier alpha value is -11.2. The molecule has 11 aromatic rings. The van der Waals surface area contributed by atoms with Crippen molar-refractivity contribution >= 4 is 155 Å². The number of aromatic carboxylic acids is 2. The van der Waals surface area contributed by atoms with Gasteiger partial charge in [-0.05, 0) is 381 Å². The summed E-state index contributed by atoms with van der Waals surface area (Å²) < 4.78 is 108. The lowest BCUT2D eigenvalue weighted by molar-refractivity contribution is -0.140. The van der Waals surface area contributed by atoms with E-state index in [0.717, 1.165) is 51.4 Å². The summed E-state index contributed by atoms with van der Waals surface area (Å²) in [7, 11) is 10.8. The molecule has 0 amide bonds. The Morgan fingerprint density at radius 3 is 1.08 bits per heavy atom. The van der Waals surface area contributed by atoms with Crippen molar-refractivity contribution in [2.45, 2.75) is 106 Å². The molecule has 0 unspecified atom stereocenters. The van der Waals surface area contributed by atoms with E-state index in [1.54, 1.807) is 105 Å². The highest BCUT2D eigenvalue weighted by molar-refractivity contribution is 14.1.